The molecule has 0 bridgehead atoms. The van der Waals surface area contributed by atoms with Crippen molar-refractivity contribution in [2.75, 3.05) is 32.0 Å². The van der Waals surface area contributed by atoms with E-state index in [9.17, 15) is 4.79 Å². The van der Waals surface area contributed by atoms with Crippen LogP contribution in [0.3, 0.4) is 0 Å². The Labute approximate surface area is 125 Å². The van der Waals surface area contributed by atoms with Gasteiger partial charge >= 0.3 is 5.97 Å². The van der Waals surface area contributed by atoms with Crippen LogP contribution in [-0.2, 0) is 11.3 Å². The third-order valence-electron chi connectivity index (χ3n) is 3.67. The summed E-state index contributed by atoms with van der Waals surface area (Å²) in [6.45, 7) is 5.76. The standard InChI is InChI=1S/C13H16N4O3S/c1-7-8(6-17-2-4-20-5-3-17)15-16-12-9(7)10(14)11(21-12)13(18)19/h2-6,14H2,1H3,(H,18,19). The van der Waals surface area contributed by atoms with E-state index in [0.29, 0.717) is 11.4 Å². The van der Waals surface area contributed by atoms with E-state index in [1.54, 1.807) is 0 Å². The smallest absolute Gasteiger partial charge is 0.348 e. The van der Waals surface area contributed by atoms with Gasteiger partial charge in [-0.05, 0) is 12.5 Å². The van der Waals surface area contributed by atoms with Crippen molar-refractivity contribution in [3.63, 3.8) is 0 Å². The van der Waals surface area contributed by atoms with E-state index in [4.69, 9.17) is 15.6 Å². The topological polar surface area (TPSA) is 102 Å². The van der Waals surface area contributed by atoms with Gasteiger partial charge in [-0.1, -0.05) is 0 Å². The van der Waals surface area contributed by atoms with Gasteiger partial charge in [-0.25, -0.2) is 4.79 Å². The molecule has 0 saturated carbocycles. The van der Waals surface area contributed by atoms with Crippen molar-refractivity contribution in [3.8, 4) is 0 Å². The van der Waals surface area contributed by atoms with E-state index in [0.717, 1.165) is 54.3 Å². The number of nitrogens with two attached hydrogens (primary N) is 1. The molecular formula is C13H16N4O3S. The molecule has 1 aliphatic heterocycles. The summed E-state index contributed by atoms with van der Waals surface area (Å²) in [5.41, 5.74) is 8.01. The first kappa shape index (κ1) is 14.2. The first-order valence-electron chi connectivity index (χ1n) is 6.65. The van der Waals surface area contributed by atoms with Crippen LogP contribution < -0.4 is 5.73 Å². The monoisotopic (exact) mass is 308 g/mol. The Kier molecular flexibility index (Phi) is 3.75. The van der Waals surface area contributed by atoms with Gasteiger partial charge in [0.05, 0.1) is 24.6 Å². The normalized spacial score (nSPS) is 16.4. The van der Waals surface area contributed by atoms with Gasteiger partial charge in [0.25, 0.3) is 0 Å². The summed E-state index contributed by atoms with van der Waals surface area (Å²) in [4.78, 5) is 14.1. The fourth-order valence-corrected chi connectivity index (χ4v) is 3.41. The molecule has 0 aliphatic carbocycles. The average molecular weight is 308 g/mol. The molecule has 0 aromatic carbocycles. The molecule has 1 fully saturated rings. The molecule has 7 nitrogen and oxygen atoms in total. The van der Waals surface area contributed by atoms with Crippen LogP contribution >= 0.6 is 11.3 Å². The number of rotatable bonds is 3. The Morgan fingerprint density at radius 2 is 2.14 bits per heavy atom. The van der Waals surface area contributed by atoms with Crippen molar-refractivity contribution in [1.82, 2.24) is 15.1 Å². The van der Waals surface area contributed by atoms with Crippen LogP contribution in [0.25, 0.3) is 10.2 Å². The van der Waals surface area contributed by atoms with Gasteiger partial charge in [0, 0.05) is 25.0 Å². The number of thiophene rings is 1. The molecule has 0 radical (unpaired) electrons. The lowest BCUT2D eigenvalue weighted by atomic mass is 10.1. The summed E-state index contributed by atoms with van der Waals surface area (Å²) >= 11 is 1.07. The third kappa shape index (κ3) is 2.57. The molecule has 1 aliphatic rings. The molecule has 0 unspecified atom stereocenters. The molecule has 3 N–H and O–H groups in total. The van der Waals surface area contributed by atoms with E-state index in [-0.39, 0.29) is 10.6 Å². The van der Waals surface area contributed by atoms with Crippen LogP contribution in [0.2, 0.25) is 0 Å². The Hall–Kier alpha value is -1.77. The van der Waals surface area contributed by atoms with Crippen molar-refractivity contribution >= 4 is 33.2 Å². The number of nitrogen functional groups attached to an aromatic ring is 1. The first-order valence-corrected chi connectivity index (χ1v) is 7.47. The van der Waals surface area contributed by atoms with Crippen molar-refractivity contribution in [1.29, 1.82) is 0 Å². The van der Waals surface area contributed by atoms with Gasteiger partial charge in [-0.15, -0.1) is 16.4 Å². The van der Waals surface area contributed by atoms with Crippen LogP contribution in [0.15, 0.2) is 0 Å². The van der Waals surface area contributed by atoms with Crippen molar-refractivity contribution in [2.24, 2.45) is 0 Å². The second-order valence-electron chi connectivity index (χ2n) is 4.99. The molecule has 0 spiro atoms. The summed E-state index contributed by atoms with van der Waals surface area (Å²) in [6.07, 6.45) is 0. The van der Waals surface area contributed by atoms with Crippen LogP contribution in [0.5, 0.6) is 0 Å². The van der Waals surface area contributed by atoms with E-state index < -0.39 is 5.97 Å². The Balaban J connectivity index is 1.99. The predicted molar refractivity (Wildman–Crippen MR) is 79.6 cm³/mol. The summed E-state index contributed by atoms with van der Waals surface area (Å²) in [5, 5.41) is 18.2. The van der Waals surface area contributed by atoms with E-state index in [1.165, 1.54) is 0 Å². The Morgan fingerprint density at radius 1 is 1.43 bits per heavy atom. The number of aryl methyl sites for hydroxylation is 1. The van der Waals surface area contributed by atoms with Crippen molar-refractivity contribution in [2.45, 2.75) is 13.5 Å². The van der Waals surface area contributed by atoms with Gasteiger partial charge in [-0.3, -0.25) is 4.90 Å². The molecule has 1 saturated heterocycles. The Bertz CT molecular complexity index is 694. The van der Waals surface area contributed by atoms with E-state index in [2.05, 4.69) is 15.1 Å². The highest BCUT2D eigenvalue weighted by molar-refractivity contribution is 7.21. The minimum absolute atomic E-state index is 0.130. The number of hydrogen-bond acceptors (Lipinski definition) is 7. The minimum Gasteiger partial charge on any atom is -0.477 e. The highest BCUT2D eigenvalue weighted by Crippen LogP contribution is 2.35. The quantitative estimate of drug-likeness (QED) is 0.875. The number of carboxylic acid groups (broad SMARTS) is 1. The summed E-state index contributed by atoms with van der Waals surface area (Å²) in [5.74, 6) is -1.02. The summed E-state index contributed by atoms with van der Waals surface area (Å²) < 4.78 is 5.33. The highest BCUT2D eigenvalue weighted by Gasteiger charge is 2.21. The number of fused-ring (bicyclic) bond motifs is 1. The van der Waals surface area contributed by atoms with Crippen LogP contribution in [0, 0.1) is 6.92 Å². The molecule has 112 valence electrons. The molecule has 3 heterocycles. The zero-order valence-corrected chi connectivity index (χ0v) is 12.4. The Morgan fingerprint density at radius 3 is 2.81 bits per heavy atom. The zero-order valence-electron chi connectivity index (χ0n) is 11.6. The first-order chi connectivity index (χ1) is 10.1. The number of anilines is 1. The number of aromatic nitrogens is 2. The van der Waals surface area contributed by atoms with Crippen LogP contribution in [0.4, 0.5) is 5.69 Å². The molecule has 2 aromatic heterocycles. The number of carboxylic acids is 1. The molecule has 8 heteroatoms. The molecule has 0 amide bonds. The van der Waals surface area contributed by atoms with Crippen LogP contribution in [0.1, 0.15) is 20.9 Å². The lowest BCUT2D eigenvalue weighted by Gasteiger charge is -2.26. The summed E-state index contributed by atoms with van der Waals surface area (Å²) in [6, 6.07) is 0. The number of hydrogen-bond donors (Lipinski definition) is 2. The zero-order chi connectivity index (χ0) is 15.0. The minimum atomic E-state index is -1.02. The third-order valence-corrected chi connectivity index (χ3v) is 4.75. The van der Waals surface area contributed by atoms with Crippen molar-refractivity contribution in [3.05, 3.63) is 16.1 Å². The van der Waals surface area contributed by atoms with E-state index in [1.807, 2.05) is 6.92 Å². The van der Waals surface area contributed by atoms with Gasteiger partial charge in [0.15, 0.2) is 0 Å². The largest absolute Gasteiger partial charge is 0.477 e. The van der Waals surface area contributed by atoms with E-state index >= 15 is 0 Å². The molecule has 0 atom stereocenters. The number of ether oxygens (including phenoxy) is 1. The SMILES string of the molecule is Cc1c(CN2CCOCC2)nnc2sc(C(=O)O)c(N)c12. The van der Waals surface area contributed by atoms with Crippen LogP contribution in [-0.4, -0.2) is 52.5 Å². The van der Waals surface area contributed by atoms with Crippen molar-refractivity contribution < 1.29 is 14.6 Å². The molecular weight excluding hydrogens is 292 g/mol. The highest BCUT2D eigenvalue weighted by atomic mass is 32.1. The number of morpholine rings is 1. The number of nitrogens with zero attached hydrogens (tertiary/aromatic N) is 3. The van der Waals surface area contributed by atoms with Gasteiger partial charge < -0.3 is 15.6 Å². The van der Waals surface area contributed by atoms with Gasteiger partial charge in [0.2, 0.25) is 0 Å². The van der Waals surface area contributed by atoms with Gasteiger partial charge in [0.1, 0.15) is 9.71 Å². The fraction of sp³-hybridized carbons (Fsp3) is 0.462. The molecule has 2 aromatic rings. The maximum absolute atomic E-state index is 11.2. The average Bonchev–Trinajstić information content (AvgIpc) is 2.81. The second kappa shape index (κ2) is 5.55. The maximum atomic E-state index is 11.2. The van der Waals surface area contributed by atoms with Gasteiger partial charge in [-0.2, -0.15) is 5.10 Å². The fourth-order valence-electron chi connectivity index (χ4n) is 2.47. The summed E-state index contributed by atoms with van der Waals surface area (Å²) in [7, 11) is 0. The lowest BCUT2D eigenvalue weighted by molar-refractivity contribution is 0.0335. The second-order valence-corrected chi connectivity index (χ2v) is 5.99. The number of aromatic carboxylic acids is 1. The lowest BCUT2D eigenvalue weighted by Crippen LogP contribution is -2.36. The molecule has 21 heavy (non-hydrogen) atoms. The molecule has 3 rings (SSSR count). The predicted octanol–water partition coefficient (Wildman–Crippen LogP) is 1.11. The maximum Gasteiger partial charge on any atom is 0.348 e. The number of carbonyl (C=O) groups is 1.